The molecule has 0 bridgehead atoms. The highest BCUT2D eigenvalue weighted by molar-refractivity contribution is 6.23. The summed E-state index contributed by atoms with van der Waals surface area (Å²) in [7, 11) is 0. The Hall–Kier alpha value is -1.69. The standard InChI is InChI=1S/C6H8N4O2.ClH/c7-1-2(8)6(12)4(10)3(9)5(1)11;/h7-10H2;1H. The Balaban J connectivity index is 0.00000144. The van der Waals surface area contributed by atoms with E-state index in [9.17, 15) is 9.59 Å². The first kappa shape index (κ1) is 11.3. The van der Waals surface area contributed by atoms with Crippen molar-refractivity contribution in [3.63, 3.8) is 0 Å². The number of carbonyl (C=O) groups excluding carboxylic acids is 2. The molecule has 0 atom stereocenters. The predicted molar refractivity (Wildman–Crippen MR) is 48.1 cm³/mol. The molecule has 0 saturated carbocycles. The van der Waals surface area contributed by atoms with Crippen LogP contribution in [0.5, 0.6) is 0 Å². The topological polar surface area (TPSA) is 138 Å². The molecule has 1 rings (SSSR count). The maximum Gasteiger partial charge on any atom is 0.228 e. The highest BCUT2D eigenvalue weighted by Crippen LogP contribution is 2.11. The Morgan fingerprint density at radius 3 is 0.923 bits per heavy atom. The quantitative estimate of drug-likeness (QED) is 0.331. The second-order valence-electron chi connectivity index (χ2n) is 2.31. The fourth-order valence-corrected chi connectivity index (χ4v) is 0.779. The molecule has 0 aromatic carbocycles. The molecule has 13 heavy (non-hydrogen) atoms. The molecule has 0 amide bonds. The Bertz CT molecular complexity index is 283. The lowest BCUT2D eigenvalue weighted by molar-refractivity contribution is -0.116. The molecule has 0 fully saturated rings. The van der Waals surface area contributed by atoms with Gasteiger partial charge in [-0.2, -0.15) is 0 Å². The van der Waals surface area contributed by atoms with E-state index in [0.717, 1.165) is 0 Å². The van der Waals surface area contributed by atoms with Crippen LogP contribution in [0, 0.1) is 0 Å². The number of ketones is 2. The Morgan fingerprint density at radius 1 is 0.615 bits per heavy atom. The number of halogens is 1. The Labute approximate surface area is 80.0 Å². The van der Waals surface area contributed by atoms with E-state index in [-0.39, 0.29) is 35.2 Å². The van der Waals surface area contributed by atoms with Crippen LogP contribution in [0.1, 0.15) is 0 Å². The first-order valence-electron chi connectivity index (χ1n) is 3.06. The summed E-state index contributed by atoms with van der Waals surface area (Å²) in [6, 6.07) is 0. The smallest absolute Gasteiger partial charge is 0.228 e. The van der Waals surface area contributed by atoms with Crippen molar-refractivity contribution in [1.82, 2.24) is 0 Å². The van der Waals surface area contributed by atoms with E-state index >= 15 is 0 Å². The van der Waals surface area contributed by atoms with Crippen LogP contribution in [-0.2, 0) is 9.59 Å². The van der Waals surface area contributed by atoms with Crippen LogP contribution in [0.2, 0.25) is 0 Å². The summed E-state index contributed by atoms with van der Waals surface area (Å²) < 4.78 is 0. The summed E-state index contributed by atoms with van der Waals surface area (Å²) in [5.41, 5.74) is 19.4. The largest absolute Gasteiger partial charge is 0.394 e. The van der Waals surface area contributed by atoms with Crippen molar-refractivity contribution in [1.29, 1.82) is 0 Å². The van der Waals surface area contributed by atoms with Gasteiger partial charge in [-0.3, -0.25) is 9.59 Å². The molecule has 7 heteroatoms. The third kappa shape index (κ3) is 1.43. The van der Waals surface area contributed by atoms with Crippen molar-refractivity contribution >= 4 is 24.0 Å². The number of carbonyl (C=O) groups is 2. The monoisotopic (exact) mass is 204 g/mol. The van der Waals surface area contributed by atoms with Crippen LogP contribution in [0.25, 0.3) is 0 Å². The van der Waals surface area contributed by atoms with Crippen molar-refractivity contribution in [2.75, 3.05) is 0 Å². The SMILES string of the molecule is Cl.NC1=C(N)C(=O)C(N)=C(N)C1=O. The van der Waals surface area contributed by atoms with Crippen molar-refractivity contribution in [3.05, 3.63) is 22.8 Å². The zero-order valence-electron chi connectivity index (χ0n) is 6.53. The number of hydrogen-bond donors (Lipinski definition) is 4. The van der Waals surface area contributed by atoms with Gasteiger partial charge in [0.25, 0.3) is 0 Å². The van der Waals surface area contributed by atoms with E-state index in [0.29, 0.717) is 0 Å². The van der Waals surface area contributed by atoms with Crippen LogP contribution in [0.15, 0.2) is 22.8 Å². The lowest BCUT2D eigenvalue weighted by atomic mass is 10.0. The lowest BCUT2D eigenvalue weighted by Crippen LogP contribution is -2.37. The molecule has 6 nitrogen and oxygen atoms in total. The fraction of sp³-hybridized carbons (Fsp3) is 0. The lowest BCUT2D eigenvalue weighted by Gasteiger charge is -2.13. The zero-order chi connectivity index (χ0) is 9.46. The maximum absolute atomic E-state index is 11.0. The summed E-state index contributed by atoms with van der Waals surface area (Å²) in [4.78, 5) is 22.0. The van der Waals surface area contributed by atoms with Gasteiger partial charge in [0, 0.05) is 0 Å². The molecular weight excluding hydrogens is 196 g/mol. The van der Waals surface area contributed by atoms with Gasteiger partial charge in [-0.15, -0.1) is 12.4 Å². The van der Waals surface area contributed by atoms with E-state index in [2.05, 4.69) is 0 Å². The summed E-state index contributed by atoms with van der Waals surface area (Å²) in [5.74, 6) is -1.38. The van der Waals surface area contributed by atoms with Gasteiger partial charge in [-0.05, 0) is 0 Å². The van der Waals surface area contributed by atoms with Crippen LogP contribution in [0.4, 0.5) is 0 Å². The van der Waals surface area contributed by atoms with E-state index in [1.807, 2.05) is 0 Å². The van der Waals surface area contributed by atoms with E-state index < -0.39 is 11.6 Å². The molecule has 0 unspecified atom stereocenters. The third-order valence-corrected chi connectivity index (χ3v) is 1.56. The summed E-state index contributed by atoms with van der Waals surface area (Å²) in [5, 5.41) is 0. The van der Waals surface area contributed by atoms with Gasteiger partial charge in [-0.25, -0.2) is 0 Å². The van der Waals surface area contributed by atoms with Crippen LogP contribution < -0.4 is 22.9 Å². The fourth-order valence-electron chi connectivity index (χ4n) is 0.779. The summed E-state index contributed by atoms with van der Waals surface area (Å²) in [6.45, 7) is 0. The minimum Gasteiger partial charge on any atom is -0.394 e. The molecule has 0 heterocycles. The highest BCUT2D eigenvalue weighted by Gasteiger charge is 2.28. The molecule has 0 aromatic heterocycles. The summed E-state index contributed by atoms with van der Waals surface area (Å²) in [6.07, 6.45) is 0. The first-order chi connectivity index (χ1) is 5.46. The highest BCUT2D eigenvalue weighted by atomic mass is 35.5. The minimum atomic E-state index is -0.690. The van der Waals surface area contributed by atoms with Gasteiger partial charge in [0.2, 0.25) is 11.6 Å². The summed E-state index contributed by atoms with van der Waals surface area (Å²) >= 11 is 0. The molecule has 1 aliphatic rings. The molecule has 1 aliphatic carbocycles. The molecule has 0 saturated heterocycles. The minimum absolute atomic E-state index is 0. The molecule has 8 N–H and O–H groups in total. The molecule has 0 aromatic rings. The number of rotatable bonds is 0. The van der Waals surface area contributed by atoms with Gasteiger partial charge in [0.15, 0.2) is 0 Å². The van der Waals surface area contributed by atoms with Crippen molar-refractivity contribution in [2.45, 2.75) is 0 Å². The Morgan fingerprint density at radius 2 is 0.769 bits per heavy atom. The molecule has 72 valence electrons. The van der Waals surface area contributed by atoms with E-state index in [1.54, 1.807) is 0 Å². The van der Waals surface area contributed by atoms with E-state index in [1.165, 1.54) is 0 Å². The zero-order valence-corrected chi connectivity index (χ0v) is 7.35. The van der Waals surface area contributed by atoms with Gasteiger partial charge in [0.1, 0.15) is 22.8 Å². The predicted octanol–water partition coefficient (Wildman–Crippen LogP) is -2.18. The molecule has 0 radical (unpaired) electrons. The van der Waals surface area contributed by atoms with Gasteiger partial charge in [0.05, 0.1) is 0 Å². The second kappa shape index (κ2) is 3.36. The van der Waals surface area contributed by atoms with Crippen molar-refractivity contribution in [3.8, 4) is 0 Å². The molecule has 0 aliphatic heterocycles. The Kier molecular flexibility index (Phi) is 2.92. The average Bonchev–Trinajstić information content (AvgIpc) is 2.08. The maximum atomic E-state index is 11.0. The van der Waals surface area contributed by atoms with Gasteiger partial charge < -0.3 is 22.9 Å². The second-order valence-corrected chi connectivity index (χ2v) is 2.31. The normalized spacial score (nSPS) is 17.5. The van der Waals surface area contributed by atoms with Gasteiger partial charge in [-0.1, -0.05) is 0 Å². The van der Waals surface area contributed by atoms with Crippen LogP contribution in [-0.4, -0.2) is 11.6 Å². The van der Waals surface area contributed by atoms with Crippen LogP contribution >= 0.6 is 12.4 Å². The average molecular weight is 205 g/mol. The van der Waals surface area contributed by atoms with Crippen molar-refractivity contribution in [2.24, 2.45) is 22.9 Å². The number of hydrogen-bond acceptors (Lipinski definition) is 6. The number of nitrogens with two attached hydrogens (primary N) is 4. The van der Waals surface area contributed by atoms with Gasteiger partial charge >= 0.3 is 0 Å². The number of Topliss-reactive ketones (excluding diaryl/α,β-unsaturated/α-hetero) is 2. The molecule has 0 spiro atoms. The van der Waals surface area contributed by atoms with Crippen molar-refractivity contribution < 1.29 is 9.59 Å². The van der Waals surface area contributed by atoms with E-state index in [4.69, 9.17) is 22.9 Å². The van der Waals surface area contributed by atoms with Crippen LogP contribution in [0.3, 0.4) is 0 Å². The first-order valence-corrected chi connectivity index (χ1v) is 3.06. The third-order valence-electron chi connectivity index (χ3n) is 1.56. The molecular formula is C6H9ClN4O2.